The Morgan fingerprint density at radius 2 is 1.80 bits per heavy atom. The van der Waals surface area contributed by atoms with Crippen LogP contribution in [0.5, 0.6) is 11.5 Å². The number of esters is 1. The Kier molecular flexibility index (Phi) is 8.42. The minimum absolute atomic E-state index is 0.0171. The van der Waals surface area contributed by atoms with E-state index in [4.69, 9.17) is 23.7 Å². The molecule has 0 bridgehead atoms. The van der Waals surface area contributed by atoms with E-state index in [0.717, 1.165) is 0 Å². The van der Waals surface area contributed by atoms with Crippen LogP contribution < -0.4 is 10.2 Å². The molecule has 214 valence electrons. The van der Waals surface area contributed by atoms with Crippen molar-refractivity contribution in [3.63, 3.8) is 0 Å². The molecule has 1 saturated heterocycles. The molecule has 0 saturated carbocycles. The number of fused-ring (bicyclic) bond motifs is 1. The quantitative estimate of drug-likeness (QED) is 0.156. The number of hydrogen-bond acceptors (Lipinski definition) is 12. The molecule has 13 heteroatoms. The molecule has 0 unspecified atom stereocenters. The molecule has 13 nitrogen and oxygen atoms in total. The number of carboxylic acid groups (broad SMARTS) is 1. The highest BCUT2D eigenvalue weighted by Gasteiger charge is 2.59. The molecule has 3 aromatic rings. The molecule has 1 aliphatic rings. The standard InChI is InChI=1S/C27H28O13/c1-2-20(29)27(36)24(34)19(12-38-22(32)10-21(30)31)40-26(25(27)35)39-15-7-8-16-18(9-15)37-11-17(23(16)33)13-3-5-14(28)6-4-13/h3-9,11,19-20,24-26,28-29,34-36H,2,10,12H2,1H3,(H,30,31)/t19-,20-,24-,25+,26-,27-/m0/s1. The zero-order valence-corrected chi connectivity index (χ0v) is 21.2. The SMILES string of the molecule is CC[C@H](O)[C@@]1(O)[C@H](O)[C@@H](Oc2ccc3c(=O)c(-c4ccc(O)cc4)coc3c2)O[C@@H](COC(=O)CC(=O)O)[C@@H]1O. The lowest BCUT2D eigenvalue weighted by atomic mass is 9.78. The van der Waals surface area contributed by atoms with Crippen LogP contribution in [0.2, 0.25) is 0 Å². The lowest BCUT2D eigenvalue weighted by molar-refractivity contribution is -0.333. The van der Waals surface area contributed by atoms with Gasteiger partial charge in [0.2, 0.25) is 6.29 Å². The van der Waals surface area contributed by atoms with Crippen LogP contribution in [-0.2, 0) is 19.1 Å². The molecule has 0 amide bonds. The first-order valence-electron chi connectivity index (χ1n) is 12.3. The fraction of sp³-hybridized carbons (Fsp3) is 0.370. The Labute approximate surface area is 226 Å². The number of carbonyl (C=O) groups is 2. The lowest BCUT2D eigenvalue weighted by Gasteiger charge is -2.49. The van der Waals surface area contributed by atoms with E-state index >= 15 is 0 Å². The second kappa shape index (κ2) is 11.6. The third-order valence-corrected chi connectivity index (χ3v) is 6.67. The largest absolute Gasteiger partial charge is 0.508 e. The van der Waals surface area contributed by atoms with Crippen molar-refractivity contribution in [1.82, 2.24) is 0 Å². The molecule has 4 rings (SSSR count). The first-order chi connectivity index (χ1) is 18.9. The number of aromatic hydroxyl groups is 1. The monoisotopic (exact) mass is 560 g/mol. The number of aliphatic carboxylic acids is 1. The van der Waals surface area contributed by atoms with E-state index in [0.29, 0.717) is 5.56 Å². The number of hydrogen-bond donors (Lipinski definition) is 6. The summed E-state index contributed by atoms with van der Waals surface area (Å²) < 4.78 is 21.7. The minimum atomic E-state index is -2.58. The van der Waals surface area contributed by atoms with Crippen molar-refractivity contribution in [3.8, 4) is 22.6 Å². The molecule has 1 aliphatic heterocycles. The maximum Gasteiger partial charge on any atom is 0.317 e. The van der Waals surface area contributed by atoms with Gasteiger partial charge >= 0.3 is 11.9 Å². The lowest BCUT2D eigenvalue weighted by Crippen LogP contribution is -2.72. The minimum Gasteiger partial charge on any atom is -0.508 e. The molecule has 2 heterocycles. The summed E-state index contributed by atoms with van der Waals surface area (Å²) in [7, 11) is 0. The maximum absolute atomic E-state index is 13.0. The Bertz CT molecular complexity index is 1430. The summed E-state index contributed by atoms with van der Waals surface area (Å²) in [5.74, 6) is -2.52. The molecule has 0 spiro atoms. The van der Waals surface area contributed by atoms with Crippen molar-refractivity contribution < 1.29 is 58.9 Å². The number of benzene rings is 2. The van der Waals surface area contributed by atoms with E-state index < -0.39 is 61.3 Å². The summed E-state index contributed by atoms with van der Waals surface area (Å²) >= 11 is 0. The topological polar surface area (TPSA) is 213 Å². The number of ether oxygens (including phenoxy) is 3. The van der Waals surface area contributed by atoms with Gasteiger partial charge in [-0.2, -0.15) is 0 Å². The van der Waals surface area contributed by atoms with Crippen molar-refractivity contribution in [2.75, 3.05) is 6.61 Å². The van der Waals surface area contributed by atoms with E-state index in [9.17, 15) is 39.9 Å². The van der Waals surface area contributed by atoms with Crippen molar-refractivity contribution in [3.05, 3.63) is 59.0 Å². The van der Waals surface area contributed by atoms with Crippen LogP contribution in [0.25, 0.3) is 22.1 Å². The summed E-state index contributed by atoms with van der Waals surface area (Å²) in [5, 5.41) is 61.6. The Morgan fingerprint density at radius 1 is 1.10 bits per heavy atom. The van der Waals surface area contributed by atoms with Gasteiger partial charge < -0.3 is 49.3 Å². The van der Waals surface area contributed by atoms with Gasteiger partial charge in [-0.15, -0.1) is 0 Å². The van der Waals surface area contributed by atoms with Crippen LogP contribution in [0.4, 0.5) is 0 Å². The molecule has 1 fully saturated rings. The Balaban J connectivity index is 1.60. The number of aliphatic hydroxyl groups is 4. The molecule has 6 atom stereocenters. The van der Waals surface area contributed by atoms with Gasteiger partial charge in [0.05, 0.1) is 17.1 Å². The average Bonchev–Trinajstić information content (AvgIpc) is 2.92. The van der Waals surface area contributed by atoms with Crippen LogP contribution in [-0.4, -0.2) is 85.5 Å². The predicted octanol–water partition coefficient (Wildman–Crippen LogP) is 0.511. The predicted molar refractivity (Wildman–Crippen MR) is 135 cm³/mol. The fourth-order valence-corrected chi connectivity index (χ4v) is 4.46. The van der Waals surface area contributed by atoms with Gasteiger partial charge in [-0.25, -0.2) is 0 Å². The molecule has 0 radical (unpaired) electrons. The number of aliphatic hydroxyl groups excluding tert-OH is 3. The third kappa shape index (κ3) is 5.64. The van der Waals surface area contributed by atoms with E-state index in [2.05, 4.69) is 0 Å². The number of carboxylic acids is 1. The number of carbonyl (C=O) groups excluding carboxylic acids is 1. The molecular formula is C27H28O13. The van der Waals surface area contributed by atoms with Crippen LogP contribution in [0.1, 0.15) is 19.8 Å². The zero-order chi connectivity index (χ0) is 29.2. The molecule has 1 aromatic heterocycles. The Morgan fingerprint density at radius 3 is 2.45 bits per heavy atom. The van der Waals surface area contributed by atoms with Gasteiger partial charge in [-0.3, -0.25) is 14.4 Å². The van der Waals surface area contributed by atoms with E-state index in [1.807, 2.05) is 0 Å². The Hall–Kier alpha value is -4.01. The highest BCUT2D eigenvalue weighted by molar-refractivity contribution is 5.90. The van der Waals surface area contributed by atoms with Gasteiger partial charge in [0.25, 0.3) is 0 Å². The molecule has 40 heavy (non-hydrogen) atoms. The van der Waals surface area contributed by atoms with Crippen molar-refractivity contribution in [1.29, 1.82) is 0 Å². The zero-order valence-electron chi connectivity index (χ0n) is 21.2. The summed E-state index contributed by atoms with van der Waals surface area (Å²) in [6.07, 6.45) is -8.65. The maximum atomic E-state index is 13.0. The van der Waals surface area contributed by atoms with Gasteiger partial charge in [-0.1, -0.05) is 19.1 Å². The highest BCUT2D eigenvalue weighted by atomic mass is 16.7. The smallest absolute Gasteiger partial charge is 0.317 e. The van der Waals surface area contributed by atoms with Crippen LogP contribution >= 0.6 is 0 Å². The molecular weight excluding hydrogens is 532 g/mol. The summed E-state index contributed by atoms with van der Waals surface area (Å²) in [6.45, 7) is 0.776. The molecule has 0 aliphatic carbocycles. The van der Waals surface area contributed by atoms with Gasteiger partial charge in [-0.05, 0) is 36.2 Å². The number of phenols is 1. The third-order valence-electron chi connectivity index (χ3n) is 6.67. The first kappa shape index (κ1) is 29.0. The van der Waals surface area contributed by atoms with Crippen molar-refractivity contribution in [2.24, 2.45) is 0 Å². The van der Waals surface area contributed by atoms with Gasteiger partial charge in [0.1, 0.15) is 54.7 Å². The van der Waals surface area contributed by atoms with E-state index in [-0.39, 0.29) is 39.9 Å². The van der Waals surface area contributed by atoms with Crippen LogP contribution in [0.3, 0.4) is 0 Å². The van der Waals surface area contributed by atoms with E-state index in [1.54, 1.807) is 12.1 Å². The van der Waals surface area contributed by atoms with Crippen molar-refractivity contribution >= 4 is 22.9 Å². The van der Waals surface area contributed by atoms with Crippen LogP contribution in [0, 0.1) is 0 Å². The van der Waals surface area contributed by atoms with Crippen molar-refractivity contribution in [2.45, 2.75) is 56.1 Å². The van der Waals surface area contributed by atoms with Gasteiger partial charge in [0, 0.05) is 6.07 Å². The highest BCUT2D eigenvalue weighted by Crippen LogP contribution is 2.36. The molecule has 6 N–H and O–H groups in total. The second-order valence-corrected chi connectivity index (χ2v) is 9.30. The summed E-state index contributed by atoms with van der Waals surface area (Å²) in [5.41, 5.74) is -2.06. The average molecular weight is 561 g/mol. The van der Waals surface area contributed by atoms with Crippen LogP contribution in [0.15, 0.2) is 57.9 Å². The fourth-order valence-electron chi connectivity index (χ4n) is 4.46. The summed E-state index contributed by atoms with van der Waals surface area (Å²) in [6, 6.07) is 10.1. The first-order valence-corrected chi connectivity index (χ1v) is 12.3. The number of rotatable bonds is 9. The number of phenolic OH excluding ortho intramolecular Hbond substituents is 1. The van der Waals surface area contributed by atoms with Gasteiger partial charge in [0.15, 0.2) is 11.0 Å². The normalized spacial score (nSPS) is 25.3. The molecule has 2 aromatic carbocycles. The van der Waals surface area contributed by atoms with E-state index in [1.165, 1.54) is 43.5 Å². The second-order valence-electron chi connectivity index (χ2n) is 9.30. The summed E-state index contributed by atoms with van der Waals surface area (Å²) in [4.78, 5) is 35.5.